The summed E-state index contributed by atoms with van der Waals surface area (Å²) in [4.78, 5) is 0. The first kappa shape index (κ1) is 13.4. The summed E-state index contributed by atoms with van der Waals surface area (Å²) in [6.07, 6.45) is 3.71. The minimum Gasteiger partial charge on any atom is -0.497 e. The fourth-order valence-corrected chi connectivity index (χ4v) is 1.85. The molecule has 0 saturated heterocycles. The lowest BCUT2D eigenvalue weighted by atomic mass is 10.1. The van der Waals surface area contributed by atoms with E-state index in [4.69, 9.17) is 15.2 Å². The van der Waals surface area contributed by atoms with Crippen LogP contribution in [0.4, 0.5) is 0 Å². The molecule has 0 unspecified atom stereocenters. The lowest BCUT2D eigenvalue weighted by molar-refractivity contribution is 0.299. The van der Waals surface area contributed by atoms with E-state index in [9.17, 15) is 0 Å². The summed E-state index contributed by atoms with van der Waals surface area (Å²) in [5.41, 5.74) is 7.92. The van der Waals surface area contributed by atoms with Crippen LogP contribution >= 0.6 is 0 Å². The third kappa shape index (κ3) is 3.26. The van der Waals surface area contributed by atoms with Gasteiger partial charge in [-0.1, -0.05) is 6.07 Å². The number of aryl methyl sites for hydroxylation is 1. The van der Waals surface area contributed by atoms with Crippen LogP contribution in [0.1, 0.15) is 24.1 Å². The topological polar surface area (TPSA) is 62.3 Å². The van der Waals surface area contributed by atoms with Crippen molar-refractivity contribution in [2.75, 3.05) is 7.11 Å². The van der Waals surface area contributed by atoms with Crippen molar-refractivity contribution < 1.29 is 9.47 Å². The van der Waals surface area contributed by atoms with Gasteiger partial charge in [0.05, 0.1) is 13.3 Å². The van der Waals surface area contributed by atoms with Crippen LogP contribution in [-0.4, -0.2) is 16.9 Å². The van der Waals surface area contributed by atoms with Crippen LogP contribution in [-0.2, 0) is 13.7 Å². The summed E-state index contributed by atoms with van der Waals surface area (Å²) in [6, 6.07) is 5.59. The monoisotopic (exact) mass is 261 g/mol. The summed E-state index contributed by atoms with van der Waals surface area (Å²) in [5, 5.41) is 4.11. The Hall–Kier alpha value is -2.01. The largest absolute Gasteiger partial charge is 0.497 e. The maximum Gasteiger partial charge on any atom is 0.128 e. The Balaban J connectivity index is 2.17. The number of benzene rings is 1. The van der Waals surface area contributed by atoms with Crippen molar-refractivity contribution in [2.45, 2.75) is 19.6 Å². The van der Waals surface area contributed by atoms with Crippen LogP contribution < -0.4 is 15.2 Å². The second kappa shape index (κ2) is 5.75. The molecule has 0 amide bonds. The summed E-state index contributed by atoms with van der Waals surface area (Å²) in [6.45, 7) is 2.39. The molecule has 2 aromatic rings. The Kier molecular flexibility index (Phi) is 4.06. The Bertz CT molecular complexity index is 549. The normalized spacial score (nSPS) is 12.2. The predicted octanol–water partition coefficient (Wildman–Crippen LogP) is 2.03. The van der Waals surface area contributed by atoms with Crippen LogP contribution in [0.2, 0.25) is 0 Å². The molecular formula is C14H19N3O2. The van der Waals surface area contributed by atoms with E-state index in [0.29, 0.717) is 6.61 Å². The highest BCUT2D eigenvalue weighted by Gasteiger charge is 2.10. The molecule has 0 saturated carbocycles. The summed E-state index contributed by atoms with van der Waals surface area (Å²) < 4.78 is 12.8. The fourth-order valence-electron chi connectivity index (χ4n) is 1.85. The number of ether oxygens (including phenoxy) is 2. The number of methoxy groups -OCH3 is 1. The second-order valence-electron chi connectivity index (χ2n) is 4.50. The highest BCUT2D eigenvalue weighted by molar-refractivity contribution is 5.42. The molecule has 1 heterocycles. The molecule has 2 N–H and O–H groups in total. The highest BCUT2D eigenvalue weighted by atomic mass is 16.5. The zero-order valence-electron chi connectivity index (χ0n) is 11.5. The summed E-state index contributed by atoms with van der Waals surface area (Å²) in [7, 11) is 3.51. The molecule has 5 heteroatoms. The molecule has 0 bridgehead atoms. The van der Waals surface area contributed by atoms with Gasteiger partial charge in [-0.15, -0.1) is 0 Å². The van der Waals surface area contributed by atoms with Crippen molar-refractivity contribution in [3.8, 4) is 11.5 Å². The van der Waals surface area contributed by atoms with Gasteiger partial charge in [0.25, 0.3) is 0 Å². The minimum atomic E-state index is -0.0881. The molecule has 0 aliphatic carbocycles. The molecule has 0 aliphatic heterocycles. The lowest BCUT2D eigenvalue weighted by Crippen LogP contribution is -2.08. The lowest BCUT2D eigenvalue weighted by Gasteiger charge is -2.14. The first-order valence-corrected chi connectivity index (χ1v) is 6.14. The number of nitrogens with zero attached hydrogens (tertiary/aromatic N) is 2. The van der Waals surface area contributed by atoms with Gasteiger partial charge in [0.1, 0.15) is 18.1 Å². The van der Waals surface area contributed by atoms with Crippen LogP contribution in [0.25, 0.3) is 0 Å². The number of hydrogen-bond acceptors (Lipinski definition) is 4. The molecule has 0 aliphatic rings. The second-order valence-corrected chi connectivity index (χ2v) is 4.50. The van der Waals surface area contributed by atoms with Crippen LogP contribution in [0.3, 0.4) is 0 Å². The Morgan fingerprint density at radius 2 is 2.21 bits per heavy atom. The molecule has 5 nitrogen and oxygen atoms in total. The van der Waals surface area contributed by atoms with E-state index < -0.39 is 0 Å². The van der Waals surface area contributed by atoms with Gasteiger partial charge in [-0.3, -0.25) is 4.68 Å². The van der Waals surface area contributed by atoms with E-state index in [1.165, 1.54) is 0 Å². The van der Waals surface area contributed by atoms with Crippen molar-refractivity contribution in [1.29, 1.82) is 0 Å². The average molecular weight is 261 g/mol. The molecule has 2 rings (SSSR count). The fraction of sp³-hybridized carbons (Fsp3) is 0.357. The zero-order valence-corrected chi connectivity index (χ0v) is 11.5. The van der Waals surface area contributed by atoms with Gasteiger partial charge in [0.2, 0.25) is 0 Å². The van der Waals surface area contributed by atoms with E-state index in [1.807, 2.05) is 38.4 Å². The molecule has 1 atom stereocenters. The Morgan fingerprint density at radius 3 is 2.79 bits per heavy atom. The molecule has 0 radical (unpaired) electrons. The van der Waals surface area contributed by atoms with E-state index in [1.54, 1.807) is 18.0 Å². The molecule has 1 aromatic carbocycles. The van der Waals surface area contributed by atoms with E-state index >= 15 is 0 Å². The maximum atomic E-state index is 5.94. The molecule has 0 fully saturated rings. The Labute approximate surface area is 112 Å². The molecular weight excluding hydrogens is 242 g/mol. The third-order valence-electron chi connectivity index (χ3n) is 2.86. The number of nitrogens with two attached hydrogens (primary N) is 1. The van der Waals surface area contributed by atoms with Gasteiger partial charge in [-0.25, -0.2) is 0 Å². The van der Waals surface area contributed by atoms with Crippen LogP contribution in [0.15, 0.2) is 30.6 Å². The summed E-state index contributed by atoms with van der Waals surface area (Å²) in [5.74, 6) is 1.50. The Morgan fingerprint density at radius 1 is 1.42 bits per heavy atom. The van der Waals surface area contributed by atoms with Gasteiger partial charge in [-0.2, -0.15) is 5.10 Å². The minimum absolute atomic E-state index is 0.0881. The SMILES string of the molecule is COc1ccc([C@@H](C)N)c(OCc2cnn(C)c2)c1. The molecule has 1 aromatic heterocycles. The van der Waals surface area contributed by atoms with E-state index in [2.05, 4.69) is 5.10 Å². The van der Waals surface area contributed by atoms with E-state index in [-0.39, 0.29) is 6.04 Å². The molecule has 102 valence electrons. The molecule has 19 heavy (non-hydrogen) atoms. The van der Waals surface area contributed by atoms with Gasteiger partial charge in [0, 0.05) is 36.5 Å². The predicted molar refractivity (Wildman–Crippen MR) is 73.1 cm³/mol. The average Bonchev–Trinajstić information content (AvgIpc) is 2.81. The van der Waals surface area contributed by atoms with Gasteiger partial charge < -0.3 is 15.2 Å². The van der Waals surface area contributed by atoms with Gasteiger partial charge >= 0.3 is 0 Å². The van der Waals surface area contributed by atoms with Gasteiger partial charge in [-0.05, 0) is 13.0 Å². The summed E-state index contributed by atoms with van der Waals surface area (Å²) >= 11 is 0. The third-order valence-corrected chi connectivity index (χ3v) is 2.86. The van der Waals surface area contributed by atoms with Crippen molar-refractivity contribution in [2.24, 2.45) is 12.8 Å². The van der Waals surface area contributed by atoms with Crippen molar-refractivity contribution in [3.05, 3.63) is 41.7 Å². The van der Waals surface area contributed by atoms with Crippen LogP contribution in [0.5, 0.6) is 11.5 Å². The number of hydrogen-bond donors (Lipinski definition) is 1. The first-order valence-electron chi connectivity index (χ1n) is 6.14. The maximum absolute atomic E-state index is 5.94. The smallest absolute Gasteiger partial charge is 0.128 e. The molecule has 0 spiro atoms. The number of aromatic nitrogens is 2. The highest BCUT2D eigenvalue weighted by Crippen LogP contribution is 2.29. The van der Waals surface area contributed by atoms with Crippen molar-refractivity contribution in [1.82, 2.24) is 9.78 Å². The van der Waals surface area contributed by atoms with Crippen LogP contribution in [0, 0.1) is 0 Å². The van der Waals surface area contributed by atoms with Crippen molar-refractivity contribution in [3.63, 3.8) is 0 Å². The number of rotatable bonds is 5. The standard InChI is InChI=1S/C14H19N3O2/c1-10(15)13-5-4-12(18-3)6-14(13)19-9-11-7-16-17(2)8-11/h4-8,10H,9,15H2,1-3H3/t10-/m1/s1. The van der Waals surface area contributed by atoms with Gasteiger partial charge in [0.15, 0.2) is 0 Å². The zero-order chi connectivity index (χ0) is 13.8. The quantitative estimate of drug-likeness (QED) is 0.894. The van der Waals surface area contributed by atoms with E-state index in [0.717, 1.165) is 22.6 Å². The van der Waals surface area contributed by atoms with Crippen molar-refractivity contribution >= 4 is 0 Å². The first-order chi connectivity index (χ1) is 9.10.